The number of piperidine rings is 1. The molecule has 7 heteroatoms. The summed E-state index contributed by atoms with van der Waals surface area (Å²) < 4.78 is 32.3. The Labute approximate surface area is 102 Å². The molecule has 0 spiro atoms. The van der Waals surface area contributed by atoms with E-state index in [1.165, 1.54) is 11.4 Å². The maximum Gasteiger partial charge on any atom is 0.307 e. The molecule has 100 valence electrons. The van der Waals surface area contributed by atoms with Crippen molar-refractivity contribution in [3.63, 3.8) is 0 Å². The first-order chi connectivity index (χ1) is 8.01. The molecule has 1 rings (SSSR count). The van der Waals surface area contributed by atoms with Gasteiger partial charge in [0.05, 0.1) is 13.5 Å². The Kier molecular flexibility index (Phi) is 5.35. The molecular formula is C10H20N2O4S. The lowest BCUT2D eigenvalue weighted by atomic mass is 10.0. The Bertz CT molecular complexity index is 355. The molecule has 1 atom stereocenters. The van der Waals surface area contributed by atoms with Gasteiger partial charge in [0.25, 0.3) is 10.2 Å². The van der Waals surface area contributed by atoms with Crippen molar-refractivity contribution >= 4 is 16.2 Å². The van der Waals surface area contributed by atoms with Crippen LogP contribution in [0.1, 0.15) is 32.6 Å². The summed E-state index contributed by atoms with van der Waals surface area (Å²) in [5.41, 5.74) is 0. The fourth-order valence-electron chi connectivity index (χ4n) is 2.04. The second kappa shape index (κ2) is 6.32. The SMILES string of the molecule is CCNS(=O)(=O)N1CCCCC1CC(=O)OC. The summed E-state index contributed by atoms with van der Waals surface area (Å²) >= 11 is 0. The van der Waals surface area contributed by atoms with Gasteiger partial charge in [-0.2, -0.15) is 12.7 Å². The van der Waals surface area contributed by atoms with Crippen molar-refractivity contribution in [1.29, 1.82) is 0 Å². The van der Waals surface area contributed by atoms with E-state index in [2.05, 4.69) is 9.46 Å². The van der Waals surface area contributed by atoms with Gasteiger partial charge in [-0.3, -0.25) is 4.79 Å². The van der Waals surface area contributed by atoms with Crippen LogP contribution in [0.2, 0.25) is 0 Å². The number of nitrogens with one attached hydrogen (secondary N) is 1. The van der Waals surface area contributed by atoms with E-state index in [4.69, 9.17) is 0 Å². The summed E-state index contributed by atoms with van der Waals surface area (Å²) in [6.45, 7) is 2.55. The molecule has 0 aromatic rings. The fourth-order valence-corrected chi connectivity index (χ4v) is 3.51. The minimum absolute atomic E-state index is 0.126. The first kappa shape index (κ1) is 14.4. The van der Waals surface area contributed by atoms with Gasteiger partial charge in [-0.05, 0) is 12.8 Å². The number of carbonyl (C=O) groups is 1. The topological polar surface area (TPSA) is 75.7 Å². The van der Waals surface area contributed by atoms with E-state index < -0.39 is 10.2 Å². The van der Waals surface area contributed by atoms with Crippen molar-refractivity contribution in [2.45, 2.75) is 38.6 Å². The maximum absolute atomic E-state index is 11.9. The highest BCUT2D eigenvalue weighted by Crippen LogP contribution is 2.22. The van der Waals surface area contributed by atoms with Crippen LogP contribution in [0.3, 0.4) is 0 Å². The van der Waals surface area contributed by atoms with E-state index in [1.807, 2.05) is 0 Å². The van der Waals surface area contributed by atoms with Crippen LogP contribution in [-0.4, -0.2) is 44.9 Å². The van der Waals surface area contributed by atoms with Gasteiger partial charge in [0.2, 0.25) is 0 Å². The van der Waals surface area contributed by atoms with Crippen LogP contribution >= 0.6 is 0 Å². The molecule has 0 saturated carbocycles. The summed E-state index contributed by atoms with van der Waals surface area (Å²) in [5, 5.41) is 0. The Balaban J connectivity index is 2.75. The first-order valence-electron chi connectivity index (χ1n) is 5.84. The zero-order valence-electron chi connectivity index (χ0n) is 10.3. The van der Waals surface area contributed by atoms with Crippen molar-refractivity contribution in [3.8, 4) is 0 Å². The van der Waals surface area contributed by atoms with E-state index in [-0.39, 0.29) is 18.4 Å². The Morgan fingerprint density at radius 1 is 1.47 bits per heavy atom. The number of methoxy groups -OCH3 is 1. The standard InChI is InChI=1S/C10H20N2O4S/c1-3-11-17(14,15)12-7-5-4-6-9(12)8-10(13)16-2/h9,11H,3-8H2,1-2H3. The number of rotatable bonds is 5. The second-order valence-electron chi connectivity index (χ2n) is 4.04. The van der Waals surface area contributed by atoms with Gasteiger partial charge in [-0.15, -0.1) is 0 Å². The molecule has 0 aromatic heterocycles. The molecule has 1 unspecified atom stereocenters. The molecule has 17 heavy (non-hydrogen) atoms. The molecule has 1 saturated heterocycles. The van der Waals surface area contributed by atoms with E-state index in [9.17, 15) is 13.2 Å². The molecule has 1 aliphatic heterocycles. The molecule has 0 aliphatic carbocycles. The largest absolute Gasteiger partial charge is 0.469 e. The number of hydrogen-bond donors (Lipinski definition) is 1. The monoisotopic (exact) mass is 264 g/mol. The van der Waals surface area contributed by atoms with E-state index in [1.54, 1.807) is 6.92 Å². The lowest BCUT2D eigenvalue weighted by Gasteiger charge is -2.33. The number of hydrogen-bond acceptors (Lipinski definition) is 4. The fraction of sp³-hybridized carbons (Fsp3) is 0.900. The highest BCUT2D eigenvalue weighted by molar-refractivity contribution is 7.87. The van der Waals surface area contributed by atoms with Gasteiger partial charge >= 0.3 is 5.97 Å². The van der Waals surface area contributed by atoms with Crippen molar-refractivity contribution in [3.05, 3.63) is 0 Å². The van der Waals surface area contributed by atoms with Crippen molar-refractivity contribution in [2.75, 3.05) is 20.2 Å². The van der Waals surface area contributed by atoms with Crippen LogP contribution in [0.4, 0.5) is 0 Å². The second-order valence-corrected chi connectivity index (χ2v) is 5.75. The first-order valence-corrected chi connectivity index (χ1v) is 7.28. The molecule has 0 radical (unpaired) electrons. The number of ether oxygens (including phenoxy) is 1. The molecular weight excluding hydrogens is 244 g/mol. The van der Waals surface area contributed by atoms with Crippen LogP contribution in [-0.2, 0) is 19.7 Å². The van der Waals surface area contributed by atoms with Crippen LogP contribution in [0.5, 0.6) is 0 Å². The molecule has 6 nitrogen and oxygen atoms in total. The average molecular weight is 264 g/mol. The third-order valence-electron chi connectivity index (χ3n) is 2.84. The van der Waals surface area contributed by atoms with Crippen LogP contribution < -0.4 is 4.72 Å². The van der Waals surface area contributed by atoms with Crippen LogP contribution in [0, 0.1) is 0 Å². The summed E-state index contributed by atoms with van der Waals surface area (Å²) in [4.78, 5) is 11.2. The summed E-state index contributed by atoms with van der Waals surface area (Å²) in [7, 11) is -2.15. The zero-order chi connectivity index (χ0) is 12.9. The smallest absolute Gasteiger partial charge is 0.307 e. The summed E-state index contributed by atoms with van der Waals surface area (Å²) in [5.74, 6) is -0.367. The van der Waals surface area contributed by atoms with E-state index in [0.717, 1.165) is 12.8 Å². The molecule has 1 N–H and O–H groups in total. The normalized spacial score (nSPS) is 22.4. The highest BCUT2D eigenvalue weighted by Gasteiger charge is 2.33. The highest BCUT2D eigenvalue weighted by atomic mass is 32.2. The van der Waals surface area contributed by atoms with Crippen molar-refractivity contribution in [2.24, 2.45) is 0 Å². The summed E-state index contributed by atoms with van der Waals surface area (Å²) in [6, 6.07) is -0.278. The minimum atomic E-state index is -3.46. The minimum Gasteiger partial charge on any atom is -0.469 e. The van der Waals surface area contributed by atoms with Gasteiger partial charge < -0.3 is 4.74 Å². The van der Waals surface area contributed by atoms with Crippen molar-refractivity contribution < 1.29 is 17.9 Å². The van der Waals surface area contributed by atoms with Gasteiger partial charge in [-0.25, -0.2) is 4.72 Å². The lowest BCUT2D eigenvalue weighted by molar-refractivity contribution is -0.141. The predicted octanol–water partition coefficient (Wildman–Crippen LogP) is 0.258. The summed E-state index contributed by atoms with van der Waals surface area (Å²) in [6.07, 6.45) is 2.61. The molecule has 0 aromatic carbocycles. The van der Waals surface area contributed by atoms with Crippen LogP contribution in [0.25, 0.3) is 0 Å². The Hall–Kier alpha value is -0.660. The number of carbonyl (C=O) groups excluding carboxylic acids is 1. The number of esters is 1. The average Bonchev–Trinajstić information content (AvgIpc) is 2.29. The third kappa shape index (κ3) is 3.93. The van der Waals surface area contributed by atoms with E-state index >= 15 is 0 Å². The third-order valence-corrected chi connectivity index (χ3v) is 4.59. The molecule has 1 heterocycles. The molecule has 1 aliphatic rings. The molecule has 0 amide bonds. The van der Waals surface area contributed by atoms with Gasteiger partial charge in [0.1, 0.15) is 0 Å². The van der Waals surface area contributed by atoms with Crippen molar-refractivity contribution in [1.82, 2.24) is 9.03 Å². The quantitative estimate of drug-likeness (QED) is 0.723. The van der Waals surface area contributed by atoms with E-state index in [0.29, 0.717) is 19.5 Å². The van der Waals surface area contributed by atoms with Gasteiger partial charge in [0.15, 0.2) is 0 Å². The molecule has 0 bridgehead atoms. The maximum atomic E-state index is 11.9. The molecule has 1 fully saturated rings. The predicted molar refractivity (Wildman–Crippen MR) is 63.6 cm³/mol. The van der Waals surface area contributed by atoms with Gasteiger partial charge in [-0.1, -0.05) is 13.3 Å². The Morgan fingerprint density at radius 2 is 2.18 bits per heavy atom. The number of nitrogens with zero attached hydrogens (tertiary/aromatic N) is 1. The van der Waals surface area contributed by atoms with Crippen LogP contribution in [0.15, 0.2) is 0 Å². The Morgan fingerprint density at radius 3 is 2.76 bits per heavy atom. The zero-order valence-corrected chi connectivity index (χ0v) is 11.1. The lowest BCUT2D eigenvalue weighted by Crippen LogP contribution is -2.49. The van der Waals surface area contributed by atoms with Gasteiger partial charge in [0, 0.05) is 19.1 Å².